The van der Waals surface area contributed by atoms with Crippen LogP contribution in [-0.2, 0) is 0 Å². The molecule has 88 valence electrons. The maximum Gasteiger partial charge on any atom is 0.339 e. The second-order valence-electron chi connectivity index (χ2n) is 3.71. The fourth-order valence-corrected chi connectivity index (χ4v) is 1.72. The van der Waals surface area contributed by atoms with E-state index in [1.54, 1.807) is 0 Å². The number of nitrogens with zero attached hydrogens (tertiary/aromatic N) is 3. The minimum Gasteiger partial charge on any atom is -0.478 e. The van der Waals surface area contributed by atoms with Crippen molar-refractivity contribution in [1.82, 2.24) is 20.2 Å². The van der Waals surface area contributed by atoms with Gasteiger partial charge in [-0.2, -0.15) is 5.10 Å². The van der Waals surface area contributed by atoms with Gasteiger partial charge in [-0.15, -0.1) is 0 Å². The van der Waals surface area contributed by atoms with Crippen LogP contribution in [0.4, 0.5) is 0 Å². The van der Waals surface area contributed by atoms with Crippen LogP contribution in [0.3, 0.4) is 0 Å². The Bertz CT molecular complexity index is 736. The Balaban J connectivity index is 2.19. The molecule has 0 unspecified atom stereocenters. The first-order chi connectivity index (χ1) is 8.75. The zero-order chi connectivity index (χ0) is 12.5. The van der Waals surface area contributed by atoms with Gasteiger partial charge in [0.15, 0.2) is 0 Å². The number of nitrogens with one attached hydrogen (secondary N) is 1. The van der Waals surface area contributed by atoms with Crippen LogP contribution >= 0.6 is 0 Å². The standard InChI is InChI=1S/C12H8N4O2/c17-12(18)7-5-14-16-11(7)10-6-13-8-3-1-2-4-9(8)15-10/h1-6H,(H,14,16)(H,17,18). The van der Waals surface area contributed by atoms with Gasteiger partial charge in [-0.25, -0.2) is 9.78 Å². The molecular weight excluding hydrogens is 232 g/mol. The molecule has 18 heavy (non-hydrogen) atoms. The second kappa shape index (κ2) is 3.92. The summed E-state index contributed by atoms with van der Waals surface area (Å²) in [6.07, 6.45) is 2.79. The van der Waals surface area contributed by atoms with Gasteiger partial charge in [-0.1, -0.05) is 12.1 Å². The molecule has 0 aliphatic carbocycles. The van der Waals surface area contributed by atoms with E-state index in [1.807, 2.05) is 24.3 Å². The third kappa shape index (κ3) is 1.60. The molecule has 0 bridgehead atoms. The van der Waals surface area contributed by atoms with Gasteiger partial charge in [-0.3, -0.25) is 10.1 Å². The van der Waals surface area contributed by atoms with Crippen molar-refractivity contribution < 1.29 is 9.90 Å². The molecule has 0 spiro atoms. The molecule has 0 fully saturated rings. The number of aromatic nitrogens is 4. The lowest BCUT2D eigenvalue weighted by Crippen LogP contribution is -1.98. The first kappa shape index (κ1) is 10.4. The summed E-state index contributed by atoms with van der Waals surface area (Å²) in [6.45, 7) is 0. The van der Waals surface area contributed by atoms with Crippen molar-refractivity contribution in [2.45, 2.75) is 0 Å². The number of para-hydroxylation sites is 2. The zero-order valence-electron chi connectivity index (χ0n) is 9.16. The molecule has 2 aromatic heterocycles. The molecule has 0 aliphatic heterocycles. The van der Waals surface area contributed by atoms with E-state index in [9.17, 15) is 4.79 Å². The number of carbonyl (C=O) groups is 1. The normalized spacial score (nSPS) is 10.7. The molecule has 6 nitrogen and oxygen atoms in total. The van der Waals surface area contributed by atoms with Gasteiger partial charge in [0, 0.05) is 0 Å². The van der Waals surface area contributed by atoms with Gasteiger partial charge in [-0.05, 0) is 12.1 Å². The van der Waals surface area contributed by atoms with Gasteiger partial charge < -0.3 is 5.11 Å². The molecule has 2 heterocycles. The summed E-state index contributed by atoms with van der Waals surface area (Å²) in [4.78, 5) is 19.6. The summed E-state index contributed by atoms with van der Waals surface area (Å²) in [7, 11) is 0. The molecule has 0 saturated carbocycles. The Kier molecular flexibility index (Phi) is 2.26. The van der Waals surface area contributed by atoms with Crippen LogP contribution in [0.15, 0.2) is 36.7 Å². The molecule has 3 rings (SSSR count). The molecule has 0 radical (unpaired) electrons. The van der Waals surface area contributed by atoms with Crippen molar-refractivity contribution in [2.75, 3.05) is 0 Å². The zero-order valence-corrected chi connectivity index (χ0v) is 9.16. The number of aromatic amines is 1. The Hall–Kier alpha value is -2.76. The van der Waals surface area contributed by atoms with E-state index in [2.05, 4.69) is 20.2 Å². The third-order valence-corrected chi connectivity index (χ3v) is 2.57. The van der Waals surface area contributed by atoms with Crippen molar-refractivity contribution in [1.29, 1.82) is 0 Å². The SMILES string of the molecule is O=C(O)c1cn[nH]c1-c1cnc2ccccc2n1. The van der Waals surface area contributed by atoms with E-state index in [4.69, 9.17) is 5.11 Å². The number of hydrogen-bond donors (Lipinski definition) is 2. The van der Waals surface area contributed by atoms with Crippen LogP contribution in [0.5, 0.6) is 0 Å². The van der Waals surface area contributed by atoms with Crippen molar-refractivity contribution in [3.8, 4) is 11.4 Å². The van der Waals surface area contributed by atoms with Crippen molar-refractivity contribution >= 4 is 17.0 Å². The summed E-state index contributed by atoms with van der Waals surface area (Å²) in [5, 5.41) is 15.4. The predicted octanol–water partition coefficient (Wildman–Crippen LogP) is 1.72. The molecule has 2 N–H and O–H groups in total. The highest BCUT2D eigenvalue weighted by molar-refractivity contribution is 5.94. The van der Waals surface area contributed by atoms with Gasteiger partial charge in [0.2, 0.25) is 0 Å². The van der Waals surface area contributed by atoms with Crippen molar-refractivity contribution in [3.63, 3.8) is 0 Å². The Morgan fingerprint density at radius 2 is 1.94 bits per heavy atom. The molecule has 1 aromatic carbocycles. The summed E-state index contributed by atoms with van der Waals surface area (Å²) < 4.78 is 0. The molecule has 6 heteroatoms. The number of H-pyrrole nitrogens is 1. The first-order valence-electron chi connectivity index (χ1n) is 5.24. The van der Waals surface area contributed by atoms with E-state index >= 15 is 0 Å². The van der Waals surface area contributed by atoms with Gasteiger partial charge >= 0.3 is 5.97 Å². The van der Waals surface area contributed by atoms with Gasteiger partial charge in [0.25, 0.3) is 0 Å². The summed E-state index contributed by atoms with van der Waals surface area (Å²) in [5.74, 6) is -1.05. The topological polar surface area (TPSA) is 91.8 Å². The van der Waals surface area contributed by atoms with Crippen LogP contribution in [-0.4, -0.2) is 31.2 Å². The quantitative estimate of drug-likeness (QED) is 0.711. The molecule has 0 saturated heterocycles. The third-order valence-electron chi connectivity index (χ3n) is 2.57. The molecule has 0 amide bonds. The highest BCUT2D eigenvalue weighted by Crippen LogP contribution is 2.20. The molecule has 3 aromatic rings. The van der Waals surface area contributed by atoms with Crippen LogP contribution in [0.1, 0.15) is 10.4 Å². The van der Waals surface area contributed by atoms with Crippen molar-refractivity contribution in [3.05, 3.63) is 42.2 Å². The summed E-state index contributed by atoms with van der Waals surface area (Å²) in [6, 6.07) is 7.39. The number of benzene rings is 1. The van der Waals surface area contributed by atoms with Crippen LogP contribution in [0.25, 0.3) is 22.4 Å². The number of hydrogen-bond acceptors (Lipinski definition) is 4. The monoisotopic (exact) mass is 240 g/mol. The summed E-state index contributed by atoms with van der Waals surface area (Å²) >= 11 is 0. The lowest BCUT2D eigenvalue weighted by Gasteiger charge is -2.01. The molecular formula is C12H8N4O2. The highest BCUT2D eigenvalue weighted by atomic mass is 16.4. The Morgan fingerprint density at radius 3 is 2.72 bits per heavy atom. The van der Waals surface area contributed by atoms with E-state index in [-0.39, 0.29) is 5.56 Å². The fourth-order valence-electron chi connectivity index (χ4n) is 1.72. The smallest absolute Gasteiger partial charge is 0.339 e. The predicted molar refractivity (Wildman–Crippen MR) is 64.1 cm³/mol. The number of rotatable bonds is 2. The molecule has 0 atom stereocenters. The molecule has 0 aliphatic rings. The Labute approximate surface area is 101 Å². The average molecular weight is 240 g/mol. The van der Waals surface area contributed by atoms with Gasteiger partial charge in [0.1, 0.15) is 11.3 Å². The van der Waals surface area contributed by atoms with E-state index < -0.39 is 5.97 Å². The van der Waals surface area contributed by atoms with Crippen LogP contribution in [0, 0.1) is 0 Å². The maximum absolute atomic E-state index is 11.0. The largest absolute Gasteiger partial charge is 0.478 e. The van der Waals surface area contributed by atoms with Crippen molar-refractivity contribution in [2.24, 2.45) is 0 Å². The van der Waals surface area contributed by atoms with E-state index in [0.29, 0.717) is 16.9 Å². The van der Waals surface area contributed by atoms with E-state index in [0.717, 1.165) is 5.52 Å². The fraction of sp³-hybridized carbons (Fsp3) is 0. The average Bonchev–Trinajstić information content (AvgIpc) is 2.87. The van der Waals surface area contributed by atoms with Gasteiger partial charge in [0.05, 0.1) is 29.1 Å². The number of carboxylic acid groups (broad SMARTS) is 1. The Morgan fingerprint density at radius 1 is 1.17 bits per heavy atom. The second-order valence-corrected chi connectivity index (χ2v) is 3.71. The number of fused-ring (bicyclic) bond motifs is 1. The lowest BCUT2D eigenvalue weighted by atomic mass is 10.2. The first-order valence-corrected chi connectivity index (χ1v) is 5.24. The van der Waals surface area contributed by atoms with Crippen LogP contribution in [0.2, 0.25) is 0 Å². The summed E-state index contributed by atoms with van der Waals surface area (Å²) in [5.41, 5.74) is 2.38. The number of aromatic carboxylic acids is 1. The lowest BCUT2D eigenvalue weighted by molar-refractivity contribution is 0.0698. The van der Waals surface area contributed by atoms with E-state index in [1.165, 1.54) is 12.4 Å². The minimum atomic E-state index is -1.05. The highest BCUT2D eigenvalue weighted by Gasteiger charge is 2.15. The number of carboxylic acids is 1. The minimum absolute atomic E-state index is 0.0829. The maximum atomic E-state index is 11.0. The van der Waals surface area contributed by atoms with Crippen LogP contribution < -0.4 is 0 Å².